The summed E-state index contributed by atoms with van der Waals surface area (Å²) in [5.74, 6) is 0. The number of sulfonamides is 1. The highest BCUT2D eigenvalue weighted by atomic mass is 32.2. The van der Waals surface area contributed by atoms with E-state index in [9.17, 15) is 18.5 Å². The smallest absolute Gasteiger partial charge is 0.293 e. The SMILES string of the molecule is CC(C)NS(=O)(=O)c1ccc(N2CCCN(C)CC2)c([N+](=O)[O-])c1. The predicted molar refractivity (Wildman–Crippen MR) is 92.9 cm³/mol. The first-order valence-corrected chi connectivity index (χ1v) is 9.43. The lowest BCUT2D eigenvalue weighted by atomic mass is 10.2. The Morgan fingerprint density at radius 2 is 1.92 bits per heavy atom. The van der Waals surface area contributed by atoms with E-state index >= 15 is 0 Å². The number of nitro groups is 1. The summed E-state index contributed by atoms with van der Waals surface area (Å²) in [7, 11) is -1.74. The molecule has 1 aromatic rings. The molecular weight excluding hydrogens is 332 g/mol. The number of benzene rings is 1. The average Bonchev–Trinajstić information content (AvgIpc) is 2.70. The fraction of sp³-hybridized carbons (Fsp3) is 0.600. The standard InChI is InChI=1S/C15H24N4O4S/c1-12(2)16-24(22,23)13-5-6-14(15(11-13)19(20)21)18-8-4-7-17(3)9-10-18/h5-6,11-12,16H,4,7-10H2,1-3H3. The van der Waals surface area contributed by atoms with Crippen molar-refractivity contribution in [3.63, 3.8) is 0 Å². The van der Waals surface area contributed by atoms with Crippen LogP contribution in [0.25, 0.3) is 0 Å². The molecular formula is C15H24N4O4S. The second kappa shape index (κ2) is 7.45. The Morgan fingerprint density at radius 3 is 2.54 bits per heavy atom. The summed E-state index contributed by atoms with van der Waals surface area (Å²) in [4.78, 5) is 15.0. The topological polar surface area (TPSA) is 95.8 Å². The summed E-state index contributed by atoms with van der Waals surface area (Å²) >= 11 is 0. The number of hydrogen-bond donors (Lipinski definition) is 1. The fourth-order valence-corrected chi connectivity index (χ4v) is 4.02. The van der Waals surface area contributed by atoms with Crippen molar-refractivity contribution in [3.8, 4) is 0 Å². The molecule has 0 saturated carbocycles. The van der Waals surface area contributed by atoms with Crippen LogP contribution in [0.4, 0.5) is 11.4 Å². The number of nitro benzene ring substituents is 1. The van der Waals surface area contributed by atoms with E-state index in [4.69, 9.17) is 0 Å². The van der Waals surface area contributed by atoms with E-state index in [1.165, 1.54) is 6.07 Å². The number of anilines is 1. The minimum atomic E-state index is -3.76. The van der Waals surface area contributed by atoms with Gasteiger partial charge in [0.2, 0.25) is 10.0 Å². The molecule has 1 N–H and O–H groups in total. The maximum Gasteiger partial charge on any atom is 0.293 e. The van der Waals surface area contributed by atoms with Crippen molar-refractivity contribution < 1.29 is 13.3 Å². The van der Waals surface area contributed by atoms with Crippen molar-refractivity contribution in [2.24, 2.45) is 0 Å². The summed E-state index contributed by atoms with van der Waals surface area (Å²) in [6.45, 7) is 6.54. The Hall–Kier alpha value is -1.71. The van der Waals surface area contributed by atoms with Gasteiger partial charge in [0, 0.05) is 31.7 Å². The molecule has 9 heteroatoms. The number of nitrogens with zero attached hydrogens (tertiary/aromatic N) is 3. The third-order valence-corrected chi connectivity index (χ3v) is 5.56. The van der Waals surface area contributed by atoms with Gasteiger partial charge in [-0.05, 0) is 46.0 Å². The van der Waals surface area contributed by atoms with Crippen LogP contribution in [-0.2, 0) is 10.0 Å². The molecule has 0 unspecified atom stereocenters. The normalized spacial score (nSPS) is 17.1. The predicted octanol–water partition coefficient (Wildman–Crippen LogP) is 1.42. The monoisotopic (exact) mass is 356 g/mol. The van der Waals surface area contributed by atoms with E-state index < -0.39 is 14.9 Å². The molecule has 0 bridgehead atoms. The zero-order valence-electron chi connectivity index (χ0n) is 14.2. The summed E-state index contributed by atoms with van der Waals surface area (Å²) in [6, 6.07) is 3.84. The average molecular weight is 356 g/mol. The zero-order valence-corrected chi connectivity index (χ0v) is 15.0. The molecule has 2 rings (SSSR count). The molecule has 0 radical (unpaired) electrons. The van der Waals surface area contributed by atoms with Crippen LogP contribution in [0.3, 0.4) is 0 Å². The second-order valence-electron chi connectivity index (χ2n) is 6.33. The van der Waals surface area contributed by atoms with E-state index in [1.807, 2.05) is 11.9 Å². The second-order valence-corrected chi connectivity index (χ2v) is 8.04. The van der Waals surface area contributed by atoms with E-state index in [2.05, 4.69) is 9.62 Å². The van der Waals surface area contributed by atoms with Gasteiger partial charge in [0.1, 0.15) is 5.69 Å². The van der Waals surface area contributed by atoms with Crippen LogP contribution in [0.2, 0.25) is 0 Å². The highest BCUT2D eigenvalue weighted by molar-refractivity contribution is 7.89. The third kappa shape index (κ3) is 4.43. The Morgan fingerprint density at radius 1 is 1.21 bits per heavy atom. The summed E-state index contributed by atoms with van der Waals surface area (Å²) < 4.78 is 26.9. The highest BCUT2D eigenvalue weighted by Gasteiger charge is 2.25. The maximum absolute atomic E-state index is 12.2. The van der Waals surface area contributed by atoms with Gasteiger partial charge in [-0.1, -0.05) is 0 Å². The van der Waals surface area contributed by atoms with Gasteiger partial charge < -0.3 is 9.80 Å². The molecule has 0 spiro atoms. The summed E-state index contributed by atoms with van der Waals surface area (Å²) in [6.07, 6.45) is 0.905. The molecule has 134 valence electrons. The first kappa shape index (κ1) is 18.6. The zero-order chi connectivity index (χ0) is 17.9. The van der Waals surface area contributed by atoms with E-state index in [1.54, 1.807) is 19.9 Å². The molecule has 1 aromatic carbocycles. The summed E-state index contributed by atoms with van der Waals surface area (Å²) in [5.41, 5.74) is 0.296. The number of rotatable bonds is 5. The molecule has 0 aliphatic carbocycles. The molecule has 1 heterocycles. The Bertz CT molecular complexity index is 705. The fourth-order valence-electron chi connectivity index (χ4n) is 2.75. The van der Waals surface area contributed by atoms with Crippen LogP contribution in [0.1, 0.15) is 20.3 Å². The molecule has 1 fully saturated rings. The molecule has 0 aromatic heterocycles. The lowest BCUT2D eigenvalue weighted by Gasteiger charge is -2.23. The summed E-state index contributed by atoms with van der Waals surface area (Å²) in [5, 5.41) is 11.5. The van der Waals surface area contributed by atoms with Gasteiger partial charge in [-0.15, -0.1) is 0 Å². The van der Waals surface area contributed by atoms with Gasteiger partial charge in [-0.25, -0.2) is 13.1 Å². The van der Waals surface area contributed by atoms with E-state index in [0.717, 1.165) is 25.6 Å². The molecule has 8 nitrogen and oxygen atoms in total. The van der Waals surface area contributed by atoms with E-state index in [-0.39, 0.29) is 16.6 Å². The van der Waals surface area contributed by atoms with Crippen molar-refractivity contribution in [2.75, 3.05) is 38.1 Å². The Labute approximate surface area is 142 Å². The first-order chi connectivity index (χ1) is 11.2. The highest BCUT2D eigenvalue weighted by Crippen LogP contribution is 2.31. The molecule has 1 saturated heterocycles. The van der Waals surface area contributed by atoms with Gasteiger partial charge in [0.25, 0.3) is 5.69 Å². The van der Waals surface area contributed by atoms with Crippen LogP contribution in [0.5, 0.6) is 0 Å². The largest absolute Gasteiger partial charge is 0.365 e. The minimum Gasteiger partial charge on any atom is -0.365 e. The first-order valence-electron chi connectivity index (χ1n) is 7.95. The molecule has 1 aliphatic rings. The molecule has 1 aliphatic heterocycles. The van der Waals surface area contributed by atoms with Crippen molar-refractivity contribution in [3.05, 3.63) is 28.3 Å². The van der Waals surface area contributed by atoms with Gasteiger partial charge in [0.05, 0.1) is 9.82 Å². The van der Waals surface area contributed by atoms with Gasteiger partial charge in [-0.3, -0.25) is 10.1 Å². The van der Waals surface area contributed by atoms with E-state index in [0.29, 0.717) is 18.8 Å². The van der Waals surface area contributed by atoms with Gasteiger partial charge in [-0.2, -0.15) is 0 Å². The van der Waals surface area contributed by atoms with Gasteiger partial charge >= 0.3 is 0 Å². The third-order valence-electron chi connectivity index (χ3n) is 3.90. The van der Waals surface area contributed by atoms with Crippen molar-refractivity contribution in [1.29, 1.82) is 0 Å². The molecule has 0 amide bonds. The number of hydrogen-bond acceptors (Lipinski definition) is 6. The van der Waals surface area contributed by atoms with Crippen LogP contribution >= 0.6 is 0 Å². The Kier molecular flexibility index (Phi) is 5.79. The van der Waals surface area contributed by atoms with Crippen molar-refractivity contribution in [1.82, 2.24) is 9.62 Å². The number of likely N-dealkylation sites (N-methyl/N-ethyl adjacent to an activating group) is 1. The van der Waals surface area contributed by atoms with Crippen molar-refractivity contribution >= 4 is 21.4 Å². The quantitative estimate of drug-likeness (QED) is 0.633. The van der Waals surface area contributed by atoms with Crippen LogP contribution in [-0.4, -0.2) is 57.5 Å². The van der Waals surface area contributed by atoms with Crippen LogP contribution in [0.15, 0.2) is 23.1 Å². The maximum atomic E-state index is 12.2. The van der Waals surface area contributed by atoms with Crippen LogP contribution in [0, 0.1) is 10.1 Å². The minimum absolute atomic E-state index is 0.0846. The number of nitrogens with one attached hydrogen (secondary N) is 1. The Balaban J connectivity index is 2.39. The molecule has 0 atom stereocenters. The molecule has 24 heavy (non-hydrogen) atoms. The van der Waals surface area contributed by atoms with Crippen molar-refractivity contribution in [2.45, 2.75) is 31.2 Å². The van der Waals surface area contributed by atoms with Crippen LogP contribution < -0.4 is 9.62 Å². The lowest BCUT2D eigenvalue weighted by molar-refractivity contribution is -0.384. The van der Waals surface area contributed by atoms with Gasteiger partial charge in [0.15, 0.2) is 0 Å². The lowest BCUT2D eigenvalue weighted by Crippen LogP contribution is -2.31.